The third-order valence-electron chi connectivity index (χ3n) is 6.65. The van der Waals surface area contributed by atoms with E-state index in [9.17, 15) is 4.79 Å². The van der Waals surface area contributed by atoms with Crippen LogP contribution in [0.25, 0.3) is 0 Å². The largest absolute Gasteiger partial charge is 0.454 e. The van der Waals surface area contributed by atoms with Crippen LogP contribution in [0, 0.1) is 0 Å². The number of ketones is 1. The molecule has 1 atom stereocenters. The molecule has 3 aliphatic heterocycles. The zero-order chi connectivity index (χ0) is 21.2. The molecule has 0 radical (unpaired) electrons. The minimum Gasteiger partial charge on any atom is -0.454 e. The number of hydrogen-bond acceptors (Lipinski definition) is 7. The Hall–Kier alpha value is -1.93. The van der Waals surface area contributed by atoms with Crippen LogP contribution in [0.4, 0.5) is 0 Å². The minimum absolute atomic E-state index is 0.173. The number of thiophene rings is 1. The van der Waals surface area contributed by atoms with E-state index in [1.807, 2.05) is 6.07 Å². The van der Waals surface area contributed by atoms with Crippen LogP contribution in [0.1, 0.15) is 40.6 Å². The summed E-state index contributed by atoms with van der Waals surface area (Å²) in [6.07, 6.45) is 2.55. The second-order valence-corrected chi connectivity index (χ2v) is 9.82. The van der Waals surface area contributed by atoms with Gasteiger partial charge in [0.1, 0.15) is 0 Å². The number of hydrogen-bond donors (Lipinski definition) is 0. The van der Waals surface area contributed by atoms with Gasteiger partial charge in [-0.1, -0.05) is 6.07 Å². The van der Waals surface area contributed by atoms with E-state index < -0.39 is 0 Å². The average molecular weight is 442 g/mol. The minimum atomic E-state index is 0.173. The van der Waals surface area contributed by atoms with Crippen molar-refractivity contribution in [2.45, 2.75) is 38.9 Å². The lowest BCUT2D eigenvalue weighted by atomic mass is 10.0. The number of piperidine rings is 1. The summed E-state index contributed by atoms with van der Waals surface area (Å²) in [5.41, 5.74) is 2.58. The summed E-state index contributed by atoms with van der Waals surface area (Å²) in [4.78, 5) is 20.3. The molecule has 0 bridgehead atoms. The zero-order valence-electron chi connectivity index (χ0n) is 18.2. The van der Waals surface area contributed by atoms with Gasteiger partial charge in [-0.25, -0.2) is 0 Å². The molecule has 7 heteroatoms. The molecule has 6 nitrogen and oxygen atoms in total. The number of benzene rings is 1. The Morgan fingerprint density at radius 3 is 2.61 bits per heavy atom. The third-order valence-corrected chi connectivity index (χ3v) is 7.73. The number of nitrogens with zero attached hydrogens (tertiary/aromatic N) is 3. The van der Waals surface area contributed by atoms with Gasteiger partial charge in [0.15, 0.2) is 17.3 Å². The summed E-state index contributed by atoms with van der Waals surface area (Å²) in [7, 11) is 0. The number of rotatable bonds is 6. The van der Waals surface area contributed by atoms with Crippen molar-refractivity contribution in [2.75, 3.05) is 46.1 Å². The van der Waals surface area contributed by atoms with Gasteiger partial charge in [-0.3, -0.25) is 19.5 Å². The van der Waals surface area contributed by atoms with Gasteiger partial charge in [-0.05, 0) is 61.0 Å². The fourth-order valence-electron chi connectivity index (χ4n) is 4.96. The topological polar surface area (TPSA) is 45.3 Å². The molecule has 2 fully saturated rings. The van der Waals surface area contributed by atoms with E-state index in [-0.39, 0.29) is 5.78 Å². The third kappa shape index (κ3) is 4.95. The molecule has 1 aromatic heterocycles. The van der Waals surface area contributed by atoms with Gasteiger partial charge in [-0.15, -0.1) is 11.3 Å². The predicted octanol–water partition coefficient (Wildman–Crippen LogP) is 3.46. The molecule has 0 N–H and O–H groups in total. The average Bonchev–Trinajstić information content (AvgIpc) is 3.44. The van der Waals surface area contributed by atoms with Crippen LogP contribution in [0.15, 0.2) is 29.6 Å². The molecule has 31 heavy (non-hydrogen) atoms. The van der Waals surface area contributed by atoms with Crippen LogP contribution >= 0.6 is 11.3 Å². The molecule has 0 saturated carbocycles. The lowest BCUT2D eigenvalue weighted by molar-refractivity contribution is 0.0477. The van der Waals surface area contributed by atoms with E-state index in [1.54, 1.807) is 18.3 Å². The summed E-state index contributed by atoms with van der Waals surface area (Å²) in [6.45, 7) is 10.7. The second-order valence-electron chi connectivity index (χ2n) is 8.91. The van der Waals surface area contributed by atoms with Gasteiger partial charge in [-0.2, -0.15) is 0 Å². The van der Waals surface area contributed by atoms with Gasteiger partial charge in [0.05, 0.1) is 4.88 Å². The molecule has 1 aromatic carbocycles. The van der Waals surface area contributed by atoms with Gasteiger partial charge in [0, 0.05) is 51.9 Å². The van der Waals surface area contributed by atoms with Crippen LogP contribution < -0.4 is 9.47 Å². The van der Waals surface area contributed by atoms with E-state index in [0.29, 0.717) is 12.8 Å². The molecule has 4 heterocycles. The predicted molar refractivity (Wildman–Crippen MR) is 122 cm³/mol. The maximum atomic E-state index is 11.6. The van der Waals surface area contributed by atoms with Crippen molar-refractivity contribution in [1.82, 2.24) is 14.7 Å². The van der Waals surface area contributed by atoms with Gasteiger partial charge >= 0.3 is 0 Å². The highest BCUT2D eigenvalue weighted by Gasteiger charge is 2.28. The molecule has 166 valence electrons. The Bertz CT molecular complexity index is 923. The maximum Gasteiger partial charge on any atom is 0.231 e. The van der Waals surface area contributed by atoms with Crippen molar-refractivity contribution in [1.29, 1.82) is 0 Å². The van der Waals surface area contributed by atoms with Gasteiger partial charge in [0.25, 0.3) is 0 Å². The summed E-state index contributed by atoms with van der Waals surface area (Å²) >= 11 is 1.58. The smallest absolute Gasteiger partial charge is 0.231 e. The van der Waals surface area contributed by atoms with Gasteiger partial charge < -0.3 is 9.47 Å². The van der Waals surface area contributed by atoms with Crippen LogP contribution in [0.2, 0.25) is 0 Å². The quantitative estimate of drug-likeness (QED) is 0.640. The maximum absolute atomic E-state index is 11.6. The van der Waals surface area contributed by atoms with Crippen molar-refractivity contribution in [3.63, 3.8) is 0 Å². The molecule has 0 aliphatic carbocycles. The highest BCUT2D eigenvalue weighted by molar-refractivity contribution is 7.12. The molecule has 0 unspecified atom stereocenters. The first-order valence-electron chi connectivity index (χ1n) is 11.3. The normalized spacial score (nSPS) is 22.7. The number of piperazine rings is 1. The first kappa shape index (κ1) is 20.9. The van der Waals surface area contributed by atoms with Gasteiger partial charge in [0.2, 0.25) is 6.79 Å². The Balaban J connectivity index is 1.11. The SMILES string of the molecule is CC(=O)c1cc(CN2CCC[C@@H](N3CCN(Cc4ccc5c(c4)OCO5)CC3)C2)cs1. The van der Waals surface area contributed by atoms with Crippen molar-refractivity contribution < 1.29 is 14.3 Å². The van der Waals surface area contributed by atoms with Crippen LogP contribution in [-0.2, 0) is 13.1 Å². The van der Waals surface area contributed by atoms with E-state index in [1.165, 1.54) is 24.0 Å². The van der Waals surface area contributed by atoms with E-state index in [0.717, 1.165) is 68.7 Å². The fraction of sp³-hybridized carbons (Fsp3) is 0.542. The molecular weight excluding hydrogens is 410 g/mol. The Morgan fingerprint density at radius 2 is 1.81 bits per heavy atom. The van der Waals surface area contributed by atoms with Crippen LogP contribution in [0.5, 0.6) is 11.5 Å². The van der Waals surface area contributed by atoms with E-state index in [4.69, 9.17) is 9.47 Å². The molecular formula is C24H31N3O3S. The molecule has 5 rings (SSSR count). The van der Waals surface area contributed by atoms with Crippen LogP contribution in [-0.4, -0.2) is 72.6 Å². The number of Topliss-reactive ketones (excluding diaryl/α,β-unsaturated/α-hetero) is 1. The first-order valence-corrected chi connectivity index (χ1v) is 12.2. The zero-order valence-corrected chi connectivity index (χ0v) is 19.0. The molecule has 3 aliphatic rings. The molecule has 2 saturated heterocycles. The first-order chi connectivity index (χ1) is 15.1. The number of ether oxygens (including phenoxy) is 2. The monoisotopic (exact) mass is 441 g/mol. The molecule has 0 spiro atoms. The van der Waals surface area contributed by atoms with Crippen LogP contribution in [0.3, 0.4) is 0 Å². The number of carbonyl (C=O) groups excluding carboxylic acids is 1. The summed E-state index contributed by atoms with van der Waals surface area (Å²) in [5, 5.41) is 2.15. The lowest BCUT2D eigenvalue weighted by Crippen LogP contribution is -2.54. The summed E-state index contributed by atoms with van der Waals surface area (Å²) in [6, 6.07) is 9.02. The highest BCUT2D eigenvalue weighted by Crippen LogP contribution is 2.33. The van der Waals surface area contributed by atoms with Crippen molar-refractivity contribution in [3.05, 3.63) is 45.6 Å². The standard InChI is InChI=1S/C24H31N3O3S/c1-18(28)24-12-20(16-31-24)14-26-6-2-3-21(15-26)27-9-7-25(8-10-27)13-19-4-5-22-23(11-19)30-17-29-22/h4-5,11-12,16,21H,2-3,6-10,13-15,17H2,1H3/t21-/m1/s1. The molecule has 0 amide bonds. The van der Waals surface area contributed by atoms with E-state index >= 15 is 0 Å². The number of fused-ring (bicyclic) bond motifs is 1. The Labute approximate surface area is 188 Å². The Morgan fingerprint density at radius 1 is 1.00 bits per heavy atom. The number of carbonyl (C=O) groups is 1. The Kier molecular flexibility index (Phi) is 6.27. The van der Waals surface area contributed by atoms with E-state index in [2.05, 4.69) is 38.3 Å². The highest BCUT2D eigenvalue weighted by atomic mass is 32.1. The van der Waals surface area contributed by atoms with Crippen molar-refractivity contribution in [2.24, 2.45) is 0 Å². The number of likely N-dealkylation sites (tertiary alicyclic amines) is 1. The van der Waals surface area contributed by atoms with Crippen molar-refractivity contribution in [3.8, 4) is 11.5 Å². The summed E-state index contributed by atoms with van der Waals surface area (Å²) < 4.78 is 10.9. The van der Waals surface area contributed by atoms with Crippen molar-refractivity contribution >= 4 is 17.1 Å². The summed E-state index contributed by atoms with van der Waals surface area (Å²) in [5.74, 6) is 1.90. The lowest BCUT2D eigenvalue weighted by Gasteiger charge is -2.43. The molecule has 2 aromatic rings. The fourth-order valence-corrected chi connectivity index (χ4v) is 5.76. The second kappa shape index (κ2) is 9.28.